The summed E-state index contributed by atoms with van der Waals surface area (Å²) in [7, 11) is -1.74. The molecule has 0 amide bonds. The zero-order valence-corrected chi connectivity index (χ0v) is 9.92. The Kier molecular flexibility index (Phi) is 4.72. The van der Waals surface area contributed by atoms with Crippen molar-refractivity contribution >= 4 is 10.0 Å². The molecule has 1 rings (SSSR count). The molecular weight excluding hydrogens is 228 g/mol. The molecule has 0 radical (unpaired) electrons. The lowest BCUT2D eigenvalue weighted by Crippen LogP contribution is -2.29. The average Bonchev–Trinajstić information content (AvgIpc) is 2.27. The fourth-order valence-corrected chi connectivity index (χ4v) is 1.77. The van der Waals surface area contributed by atoms with Crippen LogP contribution in [0, 0.1) is 0 Å². The van der Waals surface area contributed by atoms with Crippen LogP contribution in [-0.4, -0.2) is 32.9 Å². The van der Waals surface area contributed by atoms with Crippen molar-refractivity contribution in [1.29, 1.82) is 0 Å². The molecule has 16 heavy (non-hydrogen) atoms. The van der Waals surface area contributed by atoms with Crippen molar-refractivity contribution < 1.29 is 13.5 Å². The maximum atomic E-state index is 11.1. The molecule has 0 aliphatic carbocycles. The van der Waals surface area contributed by atoms with Gasteiger partial charge in [-0.05, 0) is 24.7 Å². The van der Waals surface area contributed by atoms with Gasteiger partial charge in [0.25, 0.3) is 0 Å². The summed E-state index contributed by atoms with van der Waals surface area (Å²) in [4.78, 5) is 0. The standard InChI is InChI=1S/C10H16N2O3S/c1-11-16(14,15)7-6-12-8-9-2-4-10(13)5-3-9/h2-5,11-13H,6-8H2,1H3. The highest BCUT2D eigenvalue weighted by Gasteiger charge is 2.05. The summed E-state index contributed by atoms with van der Waals surface area (Å²) in [5.41, 5.74) is 1.000. The number of hydrogen-bond donors (Lipinski definition) is 3. The van der Waals surface area contributed by atoms with E-state index in [9.17, 15) is 8.42 Å². The second kappa shape index (κ2) is 5.83. The maximum absolute atomic E-state index is 11.1. The normalized spacial score (nSPS) is 11.6. The predicted molar refractivity (Wildman–Crippen MR) is 62.7 cm³/mol. The smallest absolute Gasteiger partial charge is 0.212 e. The summed E-state index contributed by atoms with van der Waals surface area (Å²) in [6.45, 7) is 0.976. The third kappa shape index (κ3) is 4.61. The van der Waals surface area contributed by atoms with Gasteiger partial charge in [-0.2, -0.15) is 0 Å². The molecule has 3 N–H and O–H groups in total. The van der Waals surface area contributed by atoms with Crippen molar-refractivity contribution in [3.63, 3.8) is 0 Å². The monoisotopic (exact) mass is 244 g/mol. The van der Waals surface area contributed by atoms with Gasteiger partial charge >= 0.3 is 0 Å². The second-order valence-corrected chi connectivity index (χ2v) is 5.41. The van der Waals surface area contributed by atoms with E-state index in [1.54, 1.807) is 24.3 Å². The maximum Gasteiger partial charge on any atom is 0.212 e. The van der Waals surface area contributed by atoms with Crippen molar-refractivity contribution in [3.05, 3.63) is 29.8 Å². The lowest BCUT2D eigenvalue weighted by atomic mass is 10.2. The van der Waals surface area contributed by atoms with Crippen LogP contribution in [0.15, 0.2) is 24.3 Å². The highest BCUT2D eigenvalue weighted by molar-refractivity contribution is 7.89. The van der Waals surface area contributed by atoms with E-state index in [0.29, 0.717) is 13.1 Å². The van der Waals surface area contributed by atoms with Crippen molar-refractivity contribution in [3.8, 4) is 5.75 Å². The van der Waals surface area contributed by atoms with Crippen molar-refractivity contribution in [2.24, 2.45) is 0 Å². The van der Waals surface area contributed by atoms with Crippen molar-refractivity contribution in [2.45, 2.75) is 6.54 Å². The summed E-state index contributed by atoms with van der Waals surface area (Å²) in [6, 6.07) is 6.77. The molecule has 0 unspecified atom stereocenters. The van der Waals surface area contributed by atoms with Gasteiger partial charge in [0.15, 0.2) is 0 Å². The van der Waals surface area contributed by atoms with Crippen LogP contribution < -0.4 is 10.0 Å². The average molecular weight is 244 g/mol. The van der Waals surface area contributed by atoms with E-state index < -0.39 is 10.0 Å². The molecule has 0 aromatic heterocycles. The van der Waals surface area contributed by atoms with Gasteiger partial charge in [0.1, 0.15) is 5.75 Å². The minimum Gasteiger partial charge on any atom is -0.508 e. The molecule has 0 bridgehead atoms. The number of aromatic hydroxyl groups is 1. The number of nitrogens with one attached hydrogen (secondary N) is 2. The van der Waals surface area contributed by atoms with Gasteiger partial charge in [-0.15, -0.1) is 0 Å². The Morgan fingerprint density at radius 1 is 1.25 bits per heavy atom. The minimum atomic E-state index is -3.13. The third-order valence-electron chi connectivity index (χ3n) is 2.12. The number of benzene rings is 1. The molecule has 6 heteroatoms. The van der Waals surface area contributed by atoms with Gasteiger partial charge in [-0.3, -0.25) is 0 Å². The summed E-state index contributed by atoms with van der Waals surface area (Å²) < 4.78 is 24.4. The van der Waals surface area contributed by atoms with Crippen molar-refractivity contribution in [2.75, 3.05) is 19.3 Å². The molecule has 0 aliphatic heterocycles. The Balaban J connectivity index is 2.29. The summed E-state index contributed by atoms with van der Waals surface area (Å²) in [6.07, 6.45) is 0. The van der Waals surface area contributed by atoms with Gasteiger partial charge in [0.05, 0.1) is 5.75 Å². The van der Waals surface area contributed by atoms with Gasteiger partial charge < -0.3 is 10.4 Å². The quantitative estimate of drug-likeness (QED) is 0.617. The molecule has 0 saturated carbocycles. The topological polar surface area (TPSA) is 78.4 Å². The second-order valence-electron chi connectivity index (χ2n) is 3.37. The number of sulfonamides is 1. The Morgan fingerprint density at radius 3 is 2.44 bits per heavy atom. The Labute approximate surface area is 95.5 Å². The van der Waals surface area contributed by atoms with Crippen LogP contribution in [0.4, 0.5) is 0 Å². The lowest BCUT2D eigenvalue weighted by Gasteiger charge is -2.05. The Bertz CT molecular complexity index is 414. The summed E-state index contributed by atoms with van der Waals surface area (Å²) >= 11 is 0. The lowest BCUT2D eigenvalue weighted by molar-refractivity contribution is 0.475. The SMILES string of the molecule is CNS(=O)(=O)CCNCc1ccc(O)cc1. The van der Waals surface area contributed by atoms with Crippen LogP contribution in [0.2, 0.25) is 0 Å². The van der Waals surface area contributed by atoms with Crippen LogP contribution in [0.25, 0.3) is 0 Å². The van der Waals surface area contributed by atoms with Crippen LogP contribution in [0.5, 0.6) is 5.75 Å². The first-order chi connectivity index (χ1) is 7.53. The van der Waals surface area contributed by atoms with Crippen LogP contribution in [0.1, 0.15) is 5.56 Å². The molecule has 0 saturated heterocycles. The van der Waals surface area contributed by atoms with E-state index in [1.807, 2.05) is 0 Å². The van der Waals surface area contributed by atoms with Crippen LogP contribution >= 0.6 is 0 Å². The molecule has 0 atom stereocenters. The van der Waals surface area contributed by atoms with E-state index in [2.05, 4.69) is 10.0 Å². The first kappa shape index (κ1) is 13.0. The largest absolute Gasteiger partial charge is 0.508 e. The highest BCUT2D eigenvalue weighted by Crippen LogP contribution is 2.08. The Morgan fingerprint density at radius 2 is 1.88 bits per heavy atom. The predicted octanol–water partition coefficient (Wildman–Crippen LogP) is 0.0310. The first-order valence-electron chi connectivity index (χ1n) is 4.93. The first-order valence-corrected chi connectivity index (χ1v) is 6.58. The zero-order valence-electron chi connectivity index (χ0n) is 9.10. The highest BCUT2D eigenvalue weighted by atomic mass is 32.2. The van der Waals surface area contributed by atoms with Gasteiger partial charge in [-0.1, -0.05) is 12.1 Å². The molecule has 1 aromatic rings. The molecule has 0 heterocycles. The molecule has 1 aromatic carbocycles. The number of rotatable bonds is 6. The minimum absolute atomic E-state index is 0.0571. The van der Waals surface area contributed by atoms with E-state index in [-0.39, 0.29) is 11.5 Å². The molecular formula is C10H16N2O3S. The number of phenolic OH excluding ortho intramolecular Hbond substituents is 1. The zero-order chi connectivity index (χ0) is 12.0. The van der Waals surface area contributed by atoms with Crippen LogP contribution in [0.3, 0.4) is 0 Å². The van der Waals surface area contributed by atoms with E-state index in [0.717, 1.165) is 5.56 Å². The summed E-state index contributed by atoms with van der Waals surface area (Å²) in [5, 5.41) is 12.1. The molecule has 0 aliphatic rings. The molecule has 0 spiro atoms. The van der Waals surface area contributed by atoms with Gasteiger partial charge in [0.2, 0.25) is 10.0 Å². The fourth-order valence-electron chi connectivity index (χ4n) is 1.16. The number of hydrogen-bond acceptors (Lipinski definition) is 4. The van der Waals surface area contributed by atoms with Crippen LogP contribution in [-0.2, 0) is 16.6 Å². The van der Waals surface area contributed by atoms with E-state index >= 15 is 0 Å². The third-order valence-corrected chi connectivity index (χ3v) is 3.49. The van der Waals surface area contributed by atoms with Gasteiger partial charge in [0, 0.05) is 13.1 Å². The molecule has 90 valence electrons. The van der Waals surface area contributed by atoms with Gasteiger partial charge in [-0.25, -0.2) is 13.1 Å². The number of phenols is 1. The Hall–Kier alpha value is -1.11. The fraction of sp³-hybridized carbons (Fsp3) is 0.400. The van der Waals surface area contributed by atoms with E-state index in [1.165, 1.54) is 7.05 Å². The summed E-state index contributed by atoms with van der Waals surface area (Å²) in [5.74, 6) is 0.281. The van der Waals surface area contributed by atoms with E-state index in [4.69, 9.17) is 5.11 Å². The molecule has 0 fully saturated rings. The molecule has 5 nitrogen and oxygen atoms in total. The van der Waals surface area contributed by atoms with Crippen molar-refractivity contribution in [1.82, 2.24) is 10.0 Å².